The predicted octanol–water partition coefficient (Wildman–Crippen LogP) is 1.91. The van der Waals surface area contributed by atoms with E-state index in [-0.39, 0.29) is 18.9 Å². The number of nitrogens with one attached hydrogen (secondary N) is 2. The maximum atomic E-state index is 13.3. The minimum Gasteiger partial charge on any atom is -0.350 e. The molecular weight excluding hydrogens is 349 g/mol. The van der Waals surface area contributed by atoms with Crippen LogP contribution in [-0.2, 0) is 22.6 Å². The van der Waals surface area contributed by atoms with Crippen molar-refractivity contribution in [1.29, 1.82) is 0 Å². The van der Waals surface area contributed by atoms with E-state index in [1.165, 1.54) is 6.07 Å². The molecule has 2 N–H and O–H groups in total. The topological polar surface area (TPSA) is 78.5 Å². The predicted molar refractivity (Wildman–Crippen MR) is 97.2 cm³/mol. The smallest absolute Gasteiger partial charge is 0.325 e. The van der Waals surface area contributed by atoms with Crippen LogP contribution >= 0.6 is 0 Å². The summed E-state index contributed by atoms with van der Waals surface area (Å²) in [7, 11) is 0. The first-order valence-electron chi connectivity index (χ1n) is 8.61. The molecule has 1 fully saturated rings. The number of carbonyl (C=O) groups excluding carboxylic acids is 3. The van der Waals surface area contributed by atoms with Crippen molar-refractivity contribution in [2.24, 2.45) is 0 Å². The molecule has 27 heavy (non-hydrogen) atoms. The molecule has 1 aliphatic heterocycles. The highest BCUT2D eigenvalue weighted by Gasteiger charge is 2.38. The van der Waals surface area contributed by atoms with E-state index < -0.39 is 23.9 Å². The Bertz CT molecular complexity index is 870. The number of benzene rings is 2. The molecule has 3 rings (SSSR count). The van der Waals surface area contributed by atoms with Crippen molar-refractivity contribution in [2.75, 3.05) is 6.54 Å². The van der Waals surface area contributed by atoms with Crippen molar-refractivity contribution >= 4 is 17.8 Å². The van der Waals surface area contributed by atoms with E-state index in [4.69, 9.17) is 0 Å². The number of carbonyl (C=O) groups is 3. The van der Waals surface area contributed by atoms with Crippen LogP contribution in [0.3, 0.4) is 0 Å². The first kappa shape index (κ1) is 18.6. The third-order valence-electron chi connectivity index (χ3n) is 4.40. The molecule has 6 nitrogen and oxygen atoms in total. The van der Waals surface area contributed by atoms with Gasteiger partial charge < -0.3 is 10.6 Å². The molecule has 4 amide bonds. The van der Waals surface area contributed by atoms with Gasteiger partial charge in [0.2, 0.25) is 5.91 Å². The van der Waals surface area contributed by atoms with Crippen LogP contribution in [0.5, 0.6) is 0 Å². The first-order chi connectivity index (χ1) is 12.9. The number of rotatable bonds is 6. The van der Waals surface area contributed by atoms with Gasteiger partial charge >= 0.3 is 6.03 Å². The van der Waals surface area contributed by atoms with Crippen molar-refractivity contribution in [3.8, 4) is 0 Å². The number of urea groups is 1. The number of hydrogen-bond donors (Lipinski definition) is 2. The molecule has 140 valence electrons. The van der Waals surface area contributed by atoms with Gasteiger partial charge in [-0.1, -0.05) is 42.5 Å². The SMILES string of the molecule is Cc1cc(CNC(=O)CN2C(=O)N[C@H](Cc3ccccc3)C2=O)ccc1F. The molecule has 0 spiro atoms. The first-order valence-corrected chi connectivity index (χ1v) is 8.61. The monoisotopic (exact) mass is 369 g/mol. The molecule has 1 heterocycles. The van der Waals surface area contributed by atoms with Crippen LogP contribution in [0, 0.1) is 12.7 Å². The summed E-state index contributed by atoms with van der Waals surface area (Å²) in [4.78, 5) is 37.5. The highest BCUT2D eigenvalue weighted by molar-refractivity contribution is 6.06. The van der Waals surface area contributed by atoms with E-state index in [2.05, 4.69) is 10.6 Å². The summed E-state index contributed by atoms with van der Waals surface area (Å²) in [5.41, 5.74) is 2.15. The lowest BCUT2D eigenvalue weighted by Crippen LogP contribution is -2.41. The summed E-state index contributed by atoms with van der Waals surface area (Å²) in [6.45, 7) is 1.48. The number of amides is 4. The highest BCUT2D eigenvalue weighted by Crippen LogP contribution is 2.12. The molecule has 0 radical (unpaired) electrons. The Morgan fingerprint density at radius 3 is 2.59 bits per heavy atom. The Kier molecular flexibility index (Phi) is 5.49. The quantitative estimate of drug-likeness (QED) is 0.764. The van der Waals surface area contributed by atoms with Crippen molar-refractivity contribution in [3.63, 3.8) is 0 Å². The lowest BCUT2D eigenvalue weighted by molar-refractivity contribution is -0.132. The molecule has 0 unspecified atom stereocenters. The summed E-state index contributed by atoms with van der Waals surface area (Å²) in [6.07, 6.45) is 0.373. The average Bonchev–Trinajstić information content (AvgIpc) is 2.91. The summed E-state index contributed by atoms with van der Waals surface area (Å²) in [6, 6.07) is 12.6. The normalized spacial score (nSPS) is 16.4. The van der Waals surface area contributed by atoms with Crippen molar-refractivity contribution in [2.45, 2.75) is 25.9 Å². The Labute approximate surface area is 156 Å². The second-order valence-corrected chi connectivity index (χ2v) is 6.48. The molecule has 7 heteroatoms. The number of nitrogens with zero attached hydrogens (tertiary/aromatic N) is 1. The minimum absolute atomic E-state index is 0.192. The lowest BCUT2D eigenvalue weighted by Gasteiger charge is -2.13. The van der Waals surface area contributed by atoms with Crippen LogP contribution in [0.15, 0.2) is 48.5 Å². The van der Waals surface area contributed by atoms with E-state index in [1.54, 1.807) is 19.1 Å². The molecule has 0 aromatic heterocycles. The number of imide groups is 1. The molecule has 0 aliphatic carbocycles. The van der Waals surface area contributed by atoms with E-state index in [1.807, 2.05) is 30.3 Å². The zero-order valence-corrected chi connectivity index (χ0v) is 14.9. The van der Waals surface area contributed by atoms with Gasteiger partial charge in [0.25, 0.3) is 5.91 Å². The molecule has 2 aromatic rings. The Morgan fingerprint density at radius 2 is 1.89 bits per heavy atom. The Balaban J connectivity index is 1.54. The molecule has 0 saturated carbocycles. The standard InChI is InChI=1S/C20H20FN3O3/c1-13-9-15(7-8-16(13)21)11-22-18(25)12-24-19(26)17(23-20(24)27)10-14-5-3-2-4-6-14/h2-9,17H,10-12H2,1H3,(H,22,25)(H,23,27)/t17-/m1/s1. The van der Waals surface area contributed by atoms with Gasteiger partial charge in [-0.05, 0) is 29.7 Å². The fourth-order valence-electron chi connectivity index (χ4n) is 2.93. The maximum absolute atomic E-state index is 13.3. The fraction of sp³-hybridized carbons (Fsp3) is 0.250. The maximum Gasteiger partial charge on any atom is 0.325 e. The number of aryl methyl sites for hydroxylation is 1. The zero-order valence-electron chi connectivity index (χ0n) is 14.9. The molecule has 0 bridgehead atoms. The van der Waals surface area contributed by atoms with Gasteiger partial charge in [0.15, 0.2) is 0 Å². The third-order valence-corrected chi connectivity index (χ3v) is 4.40. The summed E-state index contributed by atoms with van der Waals surface area (Å²) in [5, 5.41) is 5.25. The van der Waals surface area contributed by atoms with Crippen LogP contribution in [0.2, 0.25) is 0 Å². The second kappa shape index (κ2) is 7.99. The second-order valence-electron chi connectivity index (χ2n) is 6.48. The van der Waals surface area contributed by atoms with E-state index in [0.29, 0.717) is 12.0 Å². The van der Waals surface area contributed by atoms with Gasteiger partial charge in [-0.15, -0.1) is 0 Å². The minimum atomic E-state index is -0.674. The molecular formula is C20H20FN3O3. The van der Waals surface area contributed by atoms with E-state index in [0.717, 1.165) is 16.0 Å². The zero-order chi connectivity index (χ0) is 19.4. The van der Waals surface area contributed by atoms with Crippen LogP contribution in [0.4, 0.5) is 9.18 Å². The van der Waals surface area contributed by atoms with Crippen LogP contribution in [0.1, 0.15) is 16.7 Å². The van der Waals surface area contributed by atoms with E-state index >= 15 is 0 Å². The van der Waals surface area contributed by atoms with Crippen molar-refractivity contribution in [3.05, 3.63) is 71.0 Å². The van der Waals surface area contributed by atoms with Crippen LogP contribution in [-0.4, -0.2) is 35.3 Å². The van der Waals surface area contributed by atoms with Crippen molar-refractivity contribution < 1.29 is 18.8 Å². The van der Waals surface area contributed by atoms with Crippen LogP contribution in [0.25, 0.3) is 0 Å². The largest absolute Gasteiger partial charge is 0.350 e. The summed E-state index contributed by atoms with van der Waals surface area (Å²) >= 11 is 0. The molecule has 1 atom stereocenters. The number of hydrogen-bond acceptors (Lipinski definition) is 3. The van der Waals surface area contributed by atoms with Gasteiger partial charge in [0.05, 0.1) is 0 Å². The van der Waals surface area contributed by atoms with Crippen LogP contribution < -0.4 is 10.6 Å². The highest BCUT2D eigenvalue weighted by atomic mass is 19.1. The van der Waals surface area contributed by atoms with E-state index in [9.17, 15) is 18.8 Å². The third kappa shape index (κ3) is 4.49. The van der Waals surface area contributed by atoms with Gasteiger partial charge in [0, 0.05) is 13.0 Å². The summed E-state index contributed by atoms with van der Waals surface area (Å²) in [5.74, 6) is -1.19. The van der Waals surface area contributed by atoms with Crippen molar-refractivity contribution in [1.82, 2.24) is 15.5 Å². The Morgan fingerprint density at radius 1 is 1.15 bits per heavy atom. The summed E-state index contributed by atoms with van der Waals surface area (Å²) < 4.78 is 13.3. The van der Waals surface area contributed by atoms with Gasteiger partial charge in [-0.2, -0.15) is 0 Å². The van der Waals surface area contributed by atoms with Gasteiger partial charge in [0.1, 0.15) is 18.4 Å². The van der Waals surface area contributed by atoms with Gasteiger partial charge in [-0.3, -0.25) is 14.5 Å². The number of halogens is 1. The lowest BCUT2D eigenvalue weighted by atomic mass is 10.1. The molecule has 2 aromatic carbocycles. The Hall–Kier alpha value is -3.22. The average molecular weight is 369 g/mol. The molecule has 1 aliphatic rings. The molecule has 1 saturated heterocycles. The van der Waals surface area contributed by atoms with Gasteiger partial charge in [-0.25, -0.2) is 9.18 Å². The fourth-order valence-corrected chi connectivity index (χ4v) is 2.93.